The van der Waals surface area contributed by atoms with E-state index in [1.807, 2.05) is 36.4 Å². The Balaban J connectivity index is 1.27. The highest BCUT2D eigenvalue weighted by molar-refractivity contribution is 5.32. The molecule has 1 N–H and O–H groups in total. The maximum atomic E-state index is 5.85. The molecule has 1 fully saturated rings. The van der Waals surface area contributed by atoms with Crippen LogP contribution >= 0.6 is 0 Å². The summed E-state index contributed by atoms with van der Waals surface area (Å²) < 4.78 is 17.2. The Kier molecular flexibility index (Phi) is 8.00. The lowest BCUT2D eigenvalue weighted by atomic mass is 10.1. The summed E-state index contributed by atoms with van der Waals surface area (Å²) in [6.45, 7) is 5.52. The van der Waals surface area contributed by atoms with E-state index in [1.54, 1.807) is 0 Å². The van der Waals surface area contributed by atoms with Crippen molar-refractivity contribution < 1.29 is 14.2 Å². The highest BCUT2D eigenvalue weighted by atomic mass is 16.5. The van der Waals surface area contributed by atoms with Crippen LogP contribution in [-0.2, 0) is 11.3 Å². The number of nitrogens with one attached hydrogen (secondary N) is 1. The van der Waals surface area contributed by atoms with Crippen molar-refractivity contribution in [1.82, 2.24) is 5.32 Å². The first-order valence-corrected chi connectivity index (χ1v) is 10.0. The number of aryl methyl sites for hydroxylation is 1. The van der Waals surface area contributed by atoms with E-state index in [1.165, 1.54) is 36.8 Å². The first-order chi connectivity index (χ1) is 13.3. The number of rotatable bonds is 11. The van der Waals surface area contributed by atoms with E-state index in [0.29, 0.717) is 25.9 Å². The molecule has 0 saturated heterocycles. The van der Waals surface area contributed by atoms with Crippen LogP contribution in [0.5, 0.6) is 11.5 Å². The normalized spacial score (nSPS) is 14.4. The van der Waals surface area contributed by atoms with Crippen LogP contribution in [0.25, 0.3) is 0 Å². The summed E-state index contributed by atoms with van der Waals surface area (Å²) in [4.78, 5) is 0. The van der Waals surface area contributed by atoms with Crippen LogP contribution in [0.2, 0.25) is 0 Å². The van der Waals surface area contributed by atoms with E-state index in [0.717, 1.165) is 24.7 Å². The van der Waals surface area contributed by atoms with E-state index in [2.05, 4.69) is 24.4 Å². The van der Waals surface area contributed by atoms with Gasteiger partial charge in [-0.2, -0.15) is 0 Å². The number of hydrogen-bond donors (Lipinski definition) is 1. The maximum absolute atomic E-state index is 5.85. The first kappa shape index (κ1) is 19.7. The molecule has 3 rings (SSSR count). The third kappa shape index (κ3) is 6.89. The van der Waals surface area contributed by atoms with Crippen molar-refractivity contribution in [2.45, 2.75) is 45.3 Å². The minimum atomic E-state index is 0.562. The zero-order valence-corrected chi connectivity index (χ0v) is 16.3. The van der Waals surface area contributed by atoms with Crippen molar-refractivity contribution in [2.24, 2.45) is 0 Å². The summed E-state index contributed by atoms with van der Waals surface area (Å²) in [7, 11) is 0. The molecule has 1 saturated carbocycles. The van der Waals surface area contributed by atoms with Crippen LogP contribution in [0.3, 0.4) is 0 Å². The Morgan fingerprint density at radius 2 is 1.56 bits per heavy atom. The van der Waals surface area contributed by atoms with Gasteiger partial charge in [-0.25, -0.2) is 0 Å². The van der Waals surface area contributed by atoms with Crippen molar-refractivity contribution in [1.29, 1.82) is 0 Å². The highest BCUT2D eigenvalue weighted by Gasteiger charge is 2.13. The third-order valence-corrected chi connectivity index (χ3v) is 5.01. The van der Waals surface area contributed by atoms with Gasteiger partial charge >= 0.3 is 0 Å². The average Bonchev–Trinajstić information content (AvgIpc) is 3.21. The molecule has 0 radical (unpaired) electrons. The SMILES string of the molecule is Cc1ccccc1COc1ccc(OCCOCCNC2CCCC2)cc1. The molecule has 2 aromatic rings. The van der Waals surface area contributed by atoms with E-state index in [-0.39, 0.29) is 0 Å². The maximum Gasteiger partial charge on any atom is 0.120 e. The molecule has 0 aromatic heterocycles. The average molecular weight is 370 g/mol. The van der Waals surface area contributed by atoms with Gasteiger partial charge in [-0.15, -0.1) is 0 Å². The monoisotopic (exact) mass is 369 g/mol. The fourth-order valence-corrected chi connectivity index (χ4v) is 3.35. The van der Waals surface area contributed by atoms with Crippen LogP contribution < -0.4 is 14.8 Å². The van der Waals surface area contributed by atoms with Gasteiger partial charge < -0.3 is 19.5 Å². The van der Waals surface area contributed by atoms with Crippen LogP contribution in [0, 0.1) is 6.92 Å². The molecule has 0 heterocycles. The first-order valence-electron chi connectivity index (χ1n) is 10.0. The minimum Gasteiger partial charge on any atom is -0.491 e. The van der Waals surface area contributed by atoms with E-state index < -0.39 is 0 Å². The van der Waals surface area contributed by atoms with Crippen LogP contribution in [-0.4, -0.2) is 32.4 Å². The molecule has 0 spiro atoms. The standard InChI is InChI=1S/C23H31NO3/c1-19-6-2-3-7-20(19)18-27-23-12-10-22(11-13-23)26-17-16-25-15-14-24-21-8-4-5-9-21/h2-3,6-7,10-13,21,24H,4-5,8-9,14-18H2,1H3. The molecule has 27 heavy (non-hydrogen) atoms. The Bertz CT molecular complexity index is 666. The summed E-state index contributed by atoms with van der Waals surface area (Å²) in [6.07, 6.45) is 5.35. The number of hydrogen-bond acceptors (Lipinski definition) is 4. The Morgan fingerprint density at radius 1 is 0.852 bits per heavy atom. The second-order valence-corrected chi connectivity index (χ2v) is 7.08. The summed E-state index contributed by atoms with van der Waals surface area (Å²) in [5.41, 5.74) is 2.45. The summed E-state index contributed by atoms with van der Waals surface area (Å²) in [5, 5.41) is 3.54. The van der Waals surface area contributed by atoms with Gasteiger partial charge in [-0.05, 0) is 55.2 Å². The fraction of sp³-hybridized carbons (Fsp3) is 0.478. The van der Waals surface area contributed by atoms with Gasteiger partial charge in [0.2, 0.25) is 0 Å². The van der Waals surface area contributed by atoms with Crippen molar-refractivity contribution in [3.05, 3.63) is 59.7 Å². The molecule has 4 heteroatoms. The summed E-state index contributed by atoms with van der Waals surface area (Å²) in [5.74, 6) is 1.69. The summed E-state index contributed by atoms with van der Waals surface area (Å²) >= 11 is 0. The molecule has 0 atom stereocenters. The highest BCUT2D eigenvalue weighted by Crippen LogP contribution is 2.19. The minimum absolute atomic E-state index is 0.562. The predicted molar refractivity (Wildman–Crippen MR) is 109 cm³/mol. The second-order valence-electron chi connectivity index (χ2n) is 7.08. The molecule has 0 amide bonds. The van der Waals surface area contributed by atoms with Gasteiger partial charge in [0.25, 0.3) is 0 Å². The zero-order valence-electron chi connectivity index (χ0n) is 16.3. The molecule has 4 nitrogen and oxygen atoms in total. The van der Waals surface area contributed by atoms with Crippen molar-refractivity contribution in [3.63, 3.8) is 0 Å². The predicted octanol–water partition coefficient (Wildman–Crippen LogP) is 4.50. The van der Waals surface area contributed by atoms with Crippen LogP contribution in [0.1, 0.15) is 36.8 Å². The van der Waals surface area contributed by atoms with Gasteiger partial charge in [0.15, 0.2) is 0 Å². The van der Waals surface area contributed by atoms with E-state index in [9.17, 15) is 0 Å². The molecule has 146 valence electrons. The topological polar surface area (TPSA) is 39.7 Å². The Hall–Kier alpha value is -2.04. The van der Waals surface area contributed by atoms with E-state index >= 15 is 0 Å². The molecule has 0 unspecified atom stereocenters. The second kappa shape index (κ2) is 11.0. The lowest BCUT2D eigenvalue weighted by Gasteiger charge is -2.12. The molecule has 0 bridgehead atoms. The van der Waals surface area contributed by atoms with Gasteiger partial charge in [0.05, 0.1) is 13.2 Å². The van der Waals surface area contributed by atoms with Crippen molar-refractivity contribution >= 4 is 0 Å². The third-order valence-electron chi connectivity index (χ3n) is 5.01. The van der Waals surface area contributed by atoms with Gasteiger partial charge in [0, 0.05) is 12.6 Å². The quantitative estimate of drug-likeness (QED) is 0.592. The van der Waals surface area contributed by atoms with Crippen molar-refractivity contribution in [2.75, 3.05) is 26.4 Å². The molecule has 0 aliphatic heterocycles. The molecular weight excluding hydrogens is 338 g/mol. The molecular formula is C23H31NO3. The van der Waals surface area contributed by atoms with Crippen LogP contribution in [0.4, 0.5) is 0 Å². The lowest BCUT2D eigenvalue weighted by Crippen LogP contribution is -2.29. The zero-order chi connectivity index (χ0) is 18.7. The van der Waals surface area contributed by atoms with Gasteiger partial charge in [0.1, 0.15) is 24.7 Å². The number of benzene rings is 2. The van der Waals surface area contributed by atoms with Crippen LogP contribution in [0.15, 0.2) is 48.5 Å². The Morgan fingerprint density at radius 3 is 2.30 bits per heavy atom. The van der Waals surface area contributed by atoms with Gasteiger partial charge in [-0.1, -0.05) is 37.1 Å². The fourth-order valence-electron chi connectivity index (χ4n) is 3.35. The van der Waals surface area contributed by atoms with Gasteiger partial charge in [-0.3, -0.25) is 0 Å². The smallest absolute Gasteiger partial charge is 0.120 e. The van der Waals surface area contributed by atoms with E-state index in [4.69, 9.17) is 14.2 Å². The van der Waals surface area contributed by atoms with Crippen molar-refractivity contribution in [3.8, 4) is 11.5 Å². The summed E-state index contributed by atoms with van der Waals surface area (Å²) in [6, 6.07) is 16.7. The Labute approximate surface area is 162 Å². The number of ether oxygens (including phenoxy) is 3. The largest absolute Gasteiger partial charge is 0.491 e. The lowest BCUT2D eigenvalue weighted by molar-refractivity contribution is 0.100. The molecule has 1 aliphatic rings. The molecule has 2 aromatic carbocycles. The molecule has 1 aliphatic carbocycles.